The number of fused-ring (bicyclic) bond motifs is 1. The molecule has 1 aromatic carbocycles. The zero-order chi connectivity index (χ0) is 12.7. The van der Waals surface area contributed by atoms with E-state index in [1.165, 1.54) is 11.1 Å². The van der Waals surface area contributed by atoms with Gasteiger partial charge in [0, 0.05) is 25.2 Å². The first-order chi connectivity index (χ1) is 8.63. The first-order valence-electron chi connectivity index (χ1n) is 6.77. The lowest BCUT2D eigenvalue weighted by molar-refractivity contribution is -0.118. The van der Waals surface area contributed by atoms with Gasteiger partial charge in [0.25, 0.3) is 0 Å². The molecule has 0 radical (unpaired) electrons. The molecule has 0 spiro atoms. The number of rotatable bonds is 2. The van der Waals surface area contributed by atoms with Crippen molar-refractivity contribution in [1.82, 2.24) is 0 Å². The quantitative estimate of drug-likeness (QED) is 0.863. The summed E-state index contributed by atoms with van der Waals surface area (Å²) in [6.07, 6.45) is 4.99. The highest BCUT2D eigenvalue weighted by atomic mass is 16.2. The van der Waals surface area contributed by atoms with E-state index >= 15 is 0 Å². The molecule has 0 bridgehead atoms. The second-order valence-corrected chi connectivity index (χ2v) is 5.72. The van der Waals surface area contributed by atoms with Crippen molar-refractivity contribution in [1.29, 1.82) is 0 Å². The first kappa shape index (κ1) is 11.7. The summed E-state index contributed by atoms with van der Waals surface area (Å²) in [7, 11) is 1.87. The summed E-state index contributed by atoms with van der Waals surface area (Å²) < 4.78 is 0. The molecule has 1 amide bonds. The minimum Gasteiger partial charge on any atom is -0.328 e. The Labute approximate surface area is 108 Å². The number of hydrogen-bond donors (Lipinski definition) is 1. The third-order valence-electron chi connectivity index (χ3n) is 4.28. The van der Waals surface area contributed by atoms with Gasteiger partial charge in [-0.25, -0.2) is 0 Å². The van der Waals surface area contributed by atoms with Crippen LogP contribution in [0.2, 0.25) is 0 Å². The van der Waals surface area contributed by atoms with Gasteiger partial charge >= 0.3 is 0 Å². The summed E-state index contributed by atoms with van der Waals surface area (Å²) in [6.45, 7) is 0. The average molecular weight is 244 g/mol. The molecule has 3 heteroatoms. The third kappa shape index (κ3) is 2.03. The molecular weight excluding hydrogens is 224 g/mol. The SMILES string of the molecule is CN1C(=O)CCc2cc(CC3CC(N)C3)ccc21. The molecule has 3 nitrogen and oxygen atoms in total. The fourth-order valence-corrected chi connectivity index (χ4v) is 3.12. The number of nitrogens with zero attached hydrogens (tertiary/aromatic N) is 1. The Hall–Kier alpha value is -1.35. The number of amides is 1. The van der Waals surface area contributed by atoms with Gasteiger partial charge in [-0.15, -0.1) is 0 Å². The normalized spacial score (nSPS) is 26.8. The highest BCUT2D eigenvalue weighted by molar-refractivity contribution is 5.95. The van der Waals surface area contributed by atoms with Crippen LogP contribution in [0.5, 0.6) is 0 Å². The van der Waals surface area contributed by atoms with E-state index in [-0.39, 0.29) is 5.91 Å². The van der Waals surface area contributed by atoms with Crippen LogP contribution in [0.15, 0.2) is 18.2 Å². The summed E-state index contributed by atoms with van der Waals surface area (Å²) >= 11 is 0. The van der Waals surface area contributed by atoms with E-state index in [1.54, 1.807) is 4.90 Å². The predicted molar refractivity (Wildman–Crippen MR) is 72.6 cm³/mol. The summed E-state index contributed by atoms with van der Waals surface area (Å²) in [5.41, 5.74) is 9.62. The number of carbonyl (C=O) groups excluding carboxylic acids is 1. The molecule has 1 fully saturated rings. The van der Waals surface area contributed by atoms with Crippen LogP contribution >= 0.6 is 0 Å². The largest absolute Gasteiger partial charge is 0.328 e. The van der Waals surface area contributed by atoms with Crippen LogP contribution in [0.4, 0.5) is 5.69 Å². The lowest BCUT2D eigenvalue weighted by Gasteiger charge is -2.33. The van der Waals surface area contributed by atoms with Gasteiger partial charge in [-0.3, -0.25) is 4.79 Å². The van der Waals surface area contributed by atoms with Crippen molar-refractivity contribution < 1.29 is 4.79 Å². The molecule has 1 heterocycles. The number of nitrogens with two attached hydrogens (primary N) is 1. The first-order valence-corrected chi connectivity index (χ1v) is 6.77. The topological polar surface area (TPSA) is 46.3 Å². The number of aryl methyl sites for hydroxylation is 1. The Bertz CT molecular complexity index is 477. The predicted octanol–water partition coefficient (Wildman–Crippen LogP) is 1.88. The third-order valence-corrected chi connectivity index (χ3v) is 4.28. The van der Waals surface area contributed by atoms with E-state index in [4.69, 9.17) is 5.73 Å². The fourth-order valence-electron chi connectivity index (χ4n) is 3.12. The minimum atomic E-state index is 0.222. The van der Waals surface area contributed by atoms with E-state index in [0.717, 1.165) is 37.3 Å². The molecular formula is C15H20N2O. The Kier molecular flexibility index (Phi) is 2.86. The summed E-state index contributed by atoms with van der Waals surface area (Å²) in [6, 6.07) is 6.97. The van der Waals surface area contributed by atoms with Crippen molar-refractivity contribution in [3.05, 3.63) is 29.3 Å². The molecule has 0 unspecified atom stereocenters. The molecule has 1 aliphatic heterocycles. The van der Waals surface area contributed by atoms with E-state index in [0.29, 0.717) is 12.5 Å². The lowest BCUT2D eigenvalue weighted by atomic mass is 9.77. The number of carbonyl (C=O) groups is 1. The molecule has 1 aliphatic carbocycles. The van der Waals surface area contributed by atoms with Crippen LogP contribution in [0, 0.1) is 5.92 Å². The standard InChI is InChI=1S/C15H20N2O/c1-17-14-4-2-10(6-11-8-13(16)9-11)7-12(14)3-5-15(17)18/h2,4,7,11,13H,3,5-6,8-9,16H2,1H3. The summed E-state index contributed by atoms with van der Waals surface area (Å²) in [4.78, 5) is 13.4. The number of benzene rings is 1. The van der Waals surface area contributed by atoms with Gasteiger partial charge in [-0.1, -0.05) is 12.1 Å². The highest BCUT2D eigenvalue weighted by Crippen LogP contribution is 2.32. The summed E-state index contributed by atoms with van der Waals surface area (Å²) in [5, 5.41) is 0. The van der Waals surface area contributed by atoms with Gasteiger partial charge < -0.3 is 10.6 Å². The van der Waals surface area contributed by atoms with Crippen molar-refractivity contribution in [2.24, 2.45) is 11.7 Å². The Balaban J connectivity index is 1.77. The Morgan fingerprint density at radius 2 is 2.11 bits per heavy atom. The van der Waals surface area contributed by atoms with Gasteiger partial charge in [-0.05, 0) is 48.8 Å². The molecule has 96 valence electrons. The van der Waals surface area contributed by atoms with Crippen LogP contribution in [0.1, 0.15) is 30.4 Å². The van der Waals surface area contributed by atoms with E-state index in [9.17, 15) is 4.79 Å². The second kappa shape index (κ2) is 4.39. The number of hydrogen-bond acceptors (Lipinski definition) is 2. The van der Waals surface area contributed by atoms with Crippen molar-refractivity contribution in [3.8, 4) is 0 Å². The monoisotopic (exact) mass is 244 g/mol. The van der Waals surface area contributed by atoms with Crippen molar-refractivity contribution in [2.75, 3.05) is 11.9 Å². The fraction of sp³-hybridized carbons (Fsp3) is 0.533. The Morgan fingerprint density at radius 1 is 1.33 bits per heavy atom. The molecule has 0 atom stereocenters. The van der Waals surface area contributed by atoms with E-state index in [1.807, 2.05) is 7.05 Å². The maximum Gasteiger partial charge on any atom is 0.227 e. The molecule has 1 aromatic rings. The van der Waals surface area contributed by atoms with Crippen molar-refractivity contribution in [3.63, 3.8) is 0 Å². The Morgan fingerprint density at radius 3 is 2.83 bits per heavy atom. The van der Waals surface area contributed by atoms with Crippen LogP contribution in [0.25, 0.3) is 0 Å². The highest BCUT2D eigenvalue weighted by Gasteiger charge is 2.26. The van der Waals surface area contributed by atoms with Crippen LogP contribution in [-0.2, 0) is 17.6 Å². The van der Waals surface area contributed by atoms with Gasteiger partial charge in [0.05, 0.1) is 0 Å². The van der Waals surface area contributed by atoms with Crippen molar-refractivity contribution >= 4 is 11.6 Å². The van der Waals surface area contributed by atoms with E-state index in [2.05, 4.69) is 18.2 Å². The van der Waals surface area contributed by atoms with Gasteiger partial charge in [0.15, 0.2) is 0 Å². The molecule has 2 aliphatic rings. The van der Waals surface area contributed by atoms with E-state index < -0.39 is 0 Å². The minimum absolute atomic E-state index is 0.222. The van der Waals surface area contributed by atoms with Crippen LogP contribution < -0.4 is 10.6 Å². The zero-order valence-electron chi connectivity index (χ0n) is 10.9. The lowest BCUT2D eigenvalue weighted by Crippen LogP contribution is -2.37. The molecule has 3 rings (SSSR count). The maximum absolute atomic E-state index is 11.6. The molecule has 0 aromatic heterocycles. The summed E-state index contributed by atoms with van der Waals surface area (Å²) in [5.74, 6) is 0.987. The molecule has 0 saturated heterocycles. The maximum atomic E-state index is 11.6. The number of anilines is 1. The molecule has 2 N–H and O–H groups in total. The van der Waals surface area contributed by atoms with Crippen LogP contribution in [-0.4, -0.2) is 19.0 Å². The molecule has 18 heavy (non-hydrogen) atoms. The average Bonchev–Trinajstić information content (AvgIpc) is 2.32. The molecule has 1 saturated carbocycles. The second-order valence-electron chi connectivity index (χ2n) is 5.72. The smallest absolute Gasteiger partial charge is 0.227 e. The zero-order valence-corrected chi connectivity index (χ0v) is 10.9. The van der Waals surface area contributed by atoms with Gasteiger partial charge in [0.2, 0.25) is 5.91 Å². The van der Waals surface area contributed by atoms with Gasteiger partial charge in [-0.2, -0.15) is 0 Å². The van der Waals surface area contributed by atoms with Gasteiger partial charge in [0.1, 0.15) is 0 Å². The van der Waals surface area contributed by atoms with Crippen molar-refractivity contribution in [2.45, 2.75) is 38.1 Å². The van der Waals surface area contributed by atoms with Crippen LogP contribution in [0.3, 0.4) is 0 Å².